The number of aromatic amines is 1. The zero-order chi connectivity index (χ0) is 15.2. The fourth-order valence-corrected chi connectivity index (χ4v) is 3.68. The molecule has 7 heteroatoms. The molecule has 0 aliphatic heterocycles. The van der Waals surface area contributed by atoms with Crippen molar-refractivity contribution in [2.45, 2.75) is 4.90 Å². The third kappa shape index (κ3) is 2.56. The van der Waals surface area contributed by atoms with E-state index in [2.05, 4.69) is 20.9 Å². The van der Waals surface area contributed by atoms with Crippen molar-refractivity contribution in [1.29, 1.82) is 0 Å². The van der Waals surface area contributed by atoms with Crippen LogP contribution in [0.3, 0.4) is 0 Å². The van der Waals surface area contributed by atoms with Crippen molar-refractivity contribution in [3.63, 3.8) is 0 Å². The van der Waals surface area contributed by atoms with E-state index in [0.29, 0.717) is 10.3 Å². The molecule has 21 heavy (non-hydrogen) atoms. The Kier molecular flexibility index (Phi) is 3.51. The largest absolute Gasteiger partial charge is 0.329 e. The predicted octanol–water partition coefficient (Wildman–Crippen LogP) is 3.85. The fourth-order valence-electron chi connectivity index (χ4n) is 2.26. The molecule has 0 aliphatic rings. The van der Waals surface area contributed by atoms with E-state index in [1.807, 2.05) is 34.9 Å². The van der Waals surface area contributed by atoms with E-state index in [4.69, 9.17) is 12.2 Å². The monoisotopic (exact) mass is 382 g/mol. The molecule has 0 unspecified atom stereocenters. The van der Waals surface area contributed by atoms with Gasteiger partial charge in [0.1, 0.15) is 0 Å². The Balaban J connectivity index is 2.38. The number of benzene rings is 2. The Morgan fingerprint density at radius 2 is 1.81 bits per heavy atom. The maximum atomic E-state index is 11.9. The number of hydrogen-bond acceptors (Lipinski definition) is 3. The second-order valence-electron chi connectivity index (χ2n) is 4.66. The molecule has 3 aromatic rings. The zero-order valence-electron chi connectivity index (χ0n) is 11.0. The molecule has 0 fully saturated rings. The average molecular weight is 383 g/mol. The number of H-pyrrole nitrogens is 1. The SMILES string of the molecule is CS(=O)(=O)c1cccc2c1[nH]c(=S)n2-c1ccc(Br)cc1. The van der Waals surface area contributed by atoms with Crippen molar-refractivity contribution >= 4 is 49.0 Å². The van der Waals surface area contributed by atoms with Crippen LogP contribution in [-0.2, 0) is 9.84 Å². The van der Waals surface area contributed by atoms with Gasteiger partial charge in [-0.25, -0.2) is 8.42 Å². The highest BCUT2D eigenvalue weighted by atomic mass is 79.9. The van der Waals surface area contributed by atoms with Crippen LogP contribution < -0.4 is 0 Å². The molecule has 0 aliphatic carbocycles. The number of rotatable bonds is 2. The Hall–Kier alpha value is -1.44. The molecule has 0 radical (unpaired) electrons. The van der Waals surface area contributed by atoms with Crippen LogP contribution in [0.25, 0.3) is 16.7 Å². The molecule has 1 heterocycles. The molecule has 0 saturated heterocycles. The Morgan fingerprint density at radius 3 is 2.43 bits per heavy atom. The van der Waals surface area contributed by atoms with Gasteiger partial charge in [-0.2, -0.15) is 0 Å². The number of hydrogen-bond donors (Lipinski definition) is 1. The summed E-state index contributed by atoms with van der Waals surface area (Å²) in [6.45, 7) is 0. The van der Waals surface area contributed by atoms with Gasteiger partial charge in [-0.15, -0.1) is 0 Å². The topological polar surface area (TPSA) is 54.9 Å². The van der Waals surface area contributed by atoms with Crippen LogP contribution >= 0.6 is 28.1 Å². The summed E-state index contributed by atoms with van der Waals surface area (Å²) in [6.07, 6.45) is 1.19. The molecule has 3 rings (SSSR count). The van der Waals surface area contributed by atoms with Gasteiger partial charge >= 0.3 is 0 Å². The predicted molar refractivity (Wildman–Crippen MR) is 89.3 cm³/mol. The lowest BCUT2D eigenvalue weighted by Crippen LogP contribution is -1.98. The first kappa shape index (κ1) is 14.5. The highest BCUT2D eigenvalue weighted by molar-refractivity contribution is 9.10. The molecule has 1 aromatic heterocycles. The first-order valence-electron chi connectivity index (χ1n) is 6.08. The van der Waals surface area contributed by atoms with Crippen molar-refractivity contribution < 1.29 is 8.42 Å². The van der Waals surface area contributed by atoms with E-state index >= 15 is 0 Å². The summed E-state index contributed by atoms with van der Waals surface area (Å²) in [5.74, 6) is 0. The summed E-state index contributed by atoms with van der Waals surface area (Å²) in [5, 5.41) is 0. The smallest absolute Gasteiger partial charge is 0.182 e. The molecule has 2 aromatic carbocycles. The molecule has 108 valence electrons. The lowest BCUT2D eigenvalue weighted by Gasteiger charge is -2.05. The van der Waals surface area contributed by atoms with Crippen LogP contribution in [0, 0.1) is 4.77 Å². The number of fused-ring (bicyclic) bond motifs is 1. The minimum atomic E-state index is -3.32. The highest BCUT2D eigenvalue weighted by Crippen LogP contribution is 2.25. The van der Waals surface area contributed by atoms with Crippen molar-refractivity contribution in [2.24, 2.45) is 0 Å². The van der Waals surface area contributed by atoms with Crippen LogP contribution in [0.2, 0.25) is 0 Å². The average Bonchev–Trinajstić information content (AvgIpc) is 2.74. The van der Waals surface area contributed by atoms with Gasteiger partial charge < -0.3 is 4.98 Å². The van der Waals surface area contributed by atoms with Crippen molar-refractivity contribution in [1.82, 2.24) is 9.55 Å². The summed E-state index contributed by atoms with van der Waals surface area (Å²) in [5.41, 5.74) is 2.15. The van der Waals surface area contributed by atoms with E-state index in [-0.39, 0.29) is 4.90 Å². The van der Waals surface area contributed by atoms with E-state index < -0.39 is 9.84 Å². The maximum Gasteiger partial charge on any atom is 0.182 e. The van der Waals surface area contributed by atoms with Crippen LogP contribution in [0.5, 0.6) is 0 Å². The van der Waals surface area contributed by atoms with Crippen molar-refractivity contribution in [2.75, 3.05) is 6.26 Å². The quantitative estimate of drug-likeness (QED) is 0.684. The van der Waals surface area contributed by atoms with Gasteiger partial charge in [0.15, 0.2) is 14.6 Å². The number of sulfone groups is 1. The number of aromatic nitrogens is 2. The number of nitrogens with one attached hydrogen (secondary N) is 1. The van der Waals surface area contributed by atoms with Crippen molar-refractivity contribution in [3.05, 3.63) is 51.7 Å². The van der Waals surface area contributed by atoms with Gasteiger partial charge in [0.25, 0.3) is 0 Å². The molecule has 0 atom stereocenters. The van der Waals surface area contributed by atoms with Gasteiger partial charge in [-0.3, -0.25) is 4.57 Å². The van der Waals surface area contributed by atoms with Crippen LogP contribution in [0.4, 0.5) is 0 Å². The number of halogens is 1. The molecule has 1 N–H and O–H groups in total. The summed E-state index contributed by atoms with van der Waals surface area (Å²) in [6, 6.07) is 12.8. The summed E-state index contributed by atoms with van der Waals surface area (Å²) in [7, 11) is -3.32. The Morgan fingerprint density at radius 1 is 1.14 bits per heavy atom. The molecule has 0 spiro atoms. The second kappa shape index (κ2) is 5.08. The molecule has 0 bridgehead atoms. The van der Waals surface area contributed by atoms with Gasteiger partial charge in [0.05, 0.1) is 15.9 Å². The van der Waals surface area contributed by atoms with Crippen LogP contribution in [0.15, 0.2) is 51.8 Å². The van der Waals surface area contributed by atoms with Crippen molar-refractivity contribution in [3.8, 4) is 5.69 Å². The van der Waals surface area contributed by atoms with E-state index in [9.17, 15) is 8.42 Å². The normalized spacial score (nSPS) is 11.9. The van der Waals surface area contributed by atoms with Gasteiger partial charge in [-0.05, 0) is 48.6 Å². The summed E-state index contributed by atoms with van der Waals surface area (Å²) < 4.78 is 27.0. The Bertz CT molecular complexity index is 986. The fraction of sp³-hybridized carbons (Fsp3) is 0.0714. The number of nitrogens with zero attached hydrogens (tertiary/aromatic N) is 1. The highest BCUT2D eigenvalue weighted by Gasteiger charge is 2.16. The number of para-hydroxylation sites is 1. The van der Waals surface area contributed by atoms with Gasteiger partial charge in [-0.1, -0.05) is 22.0 Å². The molecular weight excluding hydrogens is 372 g/mol. The second-order valence-corrected chi connectivity index (χ2v) is 7.95. The lowest BCUT2D eigenvalue weighted by atomic mass is 10.3. The maximum absolute atomic E-state index is 11.9. The zero-order valence-corrected chi connectivity index (χ0v) is 14.2. The first-order valence-corrected chi connectivity index (χ1v) is 9.17. The van der Waals surface area contributed by atoms with E-state index in [1.54, 1.807) is 12.1 Å². The Labute approximate surface area is 135 Å². The standard InChI is InChI=1S/C14H11BrN2O2S2/c1-21(18,19)12-4-2-3-11-13(12)16-14(20)17(11)10-7-5-9(15)6-8-10/h2-8H,1H3,(H,16,20). The van der Waals surface area contributed by atoms with Gasteiger partial charge in [0, 0.05) is 16.4 Å². The number of imidazole rings is 1. The molecule has 0 saturated carbocycles. The van der Waals surface area contributed by atoms with Gasteiger partial charge in [0.2, 0.25) is 0 Å². The molecular formula is C14H11BrN2O2S2. The minimum Gasteiger partial charge on any atom is -0.329 e. The van der Waals surface area contributed by atoms with Crippen LogP contribution in [0.1, 0.15) is 0 Å². The molecule has 4 nitrogen and oxygen atoms in total. The van der Waals surface area contributed by atoms with Crippen LogP contribution in [-0.4, -0.2) is 24.2 Å². The summed E-state index contributed by atoms with van der Waals surface area (Å²) in [4.78, 5) is 3.25. The third-order valence-corrected chi connectivity index (χ3v) is 5.12. The first-order chi connectivity index (χ1) is 9.88. The third-order valence-electron chi connectivity index (χ3n) is 3.16. The summed E-state index contributed by atoms with van der Waals surface area (Å²) >= 11 is 8.74. The molecule has 0 amide bonds. The lowest BCUT2D eigenvalue weighted by molar-refractivity contribution is 0.602. The minimum absolute atomic E-state index is 0.252. The van der Waals surface area contributed by atoms with E-state index in [1.165, 1.54) is 6.26 Å². The van der Waals surface area contributed by atoms with E-state index in [0.717, 1.165) is 15.7 Å².